The molecular weight excluding hydrogens is 244 g/mol. The topological polar surface area (TPSA) is 79.3 Å². The molecule has 0 saturated carbocycles. The molecule has 0 saturated heterocycles. The maximum absolute atomic E-state index is 10.00. The van der Waals surface area contributed by atoms with Crippen LogP contribution in [0, 0.1) is 0 Å². The van der Waals surface area contributed by atoms with E-state index in [4.69, 9.17) is 4.74 Å². The molecule has 1 rings (SSSR count). The monoisotopic (exact) mass is 268 g/mol. The molecule has 3 N–H and O–H groups in total. The lowest BCUT2D eigenvalue weighted by atomic mass is 10.0. The number of hydrogen-bond acceptors (Lipinski definition) is 6. The van der Waals surface area contributed by atoms with E-state index in [1.165, 1.54) is 6.33 Å². The smallest absolute Gasteiger partial charge is 0.204 e. The molecule has 0 amide bonds. The second-order valence-electron chi connectivity index (χ2n) is 4.73. The second-order valence-corrected chi connectivity index (χ2v) is 4.73. The van der Waals surface area contributed by atoms with Crippen LogP contribution in [-0.2, 0) is 0 Å². The first-order valence-electron chi connectivity index (χ1n) is 6.63. The molecule has 0 aliphatic carbocycles. The van der Waals surface area contributed by atoms with E-state index in [2.05, 4.69) is 27.5 Å². The predicted octanol–water partition coefficient (Wildman–Crippen LogP) is 1.88. The van der Waals surface area contributed by atoms with Crippen LogP contribution in [0.3, 0.4) is 0 Å². The van der Waals surface area contributed by atoms with Gasteiger partial charge in [-0.2, -0.15) is 0 Å². The Hall–Kier alpha value is -1.56. The van der Waals surface area contributed by atoms with Crippen LogP contribution in [0.4, 0.5) is 11.6 Å². The highest BCUT2D eigenvalue weighted by atomic mass is 16.5. The van der Waals surface area contributed by atoms with Crippen molar-refractivity contribution in [2.75, 3.05) is 30.8 Å². The van der Waals surface area contributed by atoms with Crippen LogP contribution in [0.5, 0.6) is 5.75 Å². The molecule has 6 heteroatoms. The normalized spacial score (nSPS) is 13.7. The summed E-state index contributed by atoms with van der Waals surface area (Å²) in [5.41, 5.74) is -0.771. The first-order valence-corrected chi connectivity index (χ1v) is 6.63. The van der Waals surface area contributed by atoms with Crippen LogP contribution >= 0.6 is 0 Å². The van der Waals surface area contributed by atoms with Crippen molar-refractivity contribution in [3.8, 4) is 5.75 Å². The number of ether oxygens (including phenoxy) is 1. The summed E-state index contributed by atoms with van der Waals surface area (Å²) < 4.78 is 5.34. The third-order valence-corrected chi connectivity index (χ3v) is 2.95. The standard InChI is InChI=1S/C13H24N4O2/c1-5-7-14-11-10(19-4)12(17-9-16-11)15-8-13(3,18)6-2/h9,18H,5-8H2,1-4H3,(H2,14,15,16,17). The molecule has 0 bridgehead atoms. The van der Waals surface area contributed by atoms with Gasteiger partial charge in [-0.15, -0.1) is 0 Å². The highest BCUT2D eigenvalue weighted by Crippen LogP contribution is 2.29. The number of hydrogen-bond donors (Lipinski definition) is 3. The van der Waals surface area contributed by atoms with E-state index in [0.717, 1.165) is 13.0 Å². The average Bonchev–Trinajstić information content (AvgIpc) is 2.42. The van der Waals surface area contributed by atoms with Crippen LogP contribution in [-0.4, -0.2) is 40.9 Å². The Balaban J connectivity index is 2.82. The highest BCUT2D eigenvalue weighted by Gasteiger charge is 2.19. The van der Waals surface area contributed by atoms with E-state index in [0.29, 0.717) is 30.4 Å². The number of aromatic nitrogens is 2. The van der Waals surface area contributed by atoms with Gasteiger partial charge in [0.2, 0.25) is 5.75 Å². The Labute approximate surface area is 114 Å². The van der Waals surface area contributed by atoms with Gasteiger partial charge in [0.15, 0.2) is 11.6 Å². The lowest BCUT2D eigenvalue weighted by Gasteiger charge is -2.22. The molecule has 0 fully saturated rings. The SMILES string of the molecule is CCCNc1ncnc(NCC(C)(O)CC)c1OC. The molecule has 1 atom stereocenters. The van der Waals surface area contributed by atoms with Crippen molar-refractivity contribution in [1.29, 1.82) is 0 Å². The molecule has 0 aliphatic heterocycles. The number of anilines is 2. The van der Waals surface area contributed by atoms with Crippen molar-refractivity contribution in [1.82, 2.24) is 9.97 Å². The fraction of sp³-hybridized carbons (Fsp3) is 0.692. The molecular formula is C13H24N4O2. The predicted molar refractivity (Wildman–Crippen MR) is 76.8 cm³/mol. The third-order valence-electron chi connectivity index (χ3n) is 2.95. The van der Waals surface area contributed by atoms with E-state index in [1.54, 1.807) is 14.0 Å². The zero-order valence-electron chi connectivity index (χ0n) is 12.2. The molecule has 1 aromatic heterocycles. The second kappa shape index (κ2) is 7.13. The van der Waals surface area contributed by atoms with Gasteiger partial charge in [0.25, 0.3) is 0 Å². The van der Waals surface area contributed by atoms with E-state index >= 15 is 0 Å². The van der Waals surface area contributed by atoms with Gasteiger partial charge in [0.05, 0.1) is 12.7 Å². The van der Waals surface area contributed by atoms with Crippen molar-refractivity contribution in [3.05, 3.63) is 6.33 Å². The summed E-state index contributed by atoms with van der Waals surface area (Å²) >= 11 is 0. The molecule has 0 radical (unpaired) electrons. The minimum atomic E-state index is -0.771. The maximum Gasteiger partial charge on any atom is 0.204 e. The Morgan fingerprint density at radius 2 is 1.89 bits per heavy atom. The van der Waals surface area contributed by atoms with Gasteiger partial charge >= 0.3 is 0 Å². The number of nitrogens with one attached hydrogen (secondary N) is 2. The maximum atomic E-state index is 10.00. The zero-order chi connectivity index (χ0) is 14.3. The Kier molecular flexibility index (Phi) is 5.82. The van der Waals surface area contributed by atoms with E-state index in [1.807, 2.05) is 6.92 Å². The van der Waals surface area contributed by atoms with E-state index < -0.39 is 5.60 Å². The van der Waals surface area contributed by atoms with Gasteiger partial charge in [0.1, 0.15) is 6.33 Å². The number of nitrogens with zero attached hydrogens (tertiary/aromatic N) is 2. The van der Waals surface area contributed by atoms with Crippen molar-refractivity contribution in [2.45, 2.75) is 39.2 Å². The summed E-state index contributed by atoms with van der Waals surface area (Å²) in [6.45, 7) is 7.03. The quantitative estimate of drug-likeness (QED) is 0.668. The minimum absolute atomic E-state index is 0.407. The molecule has 0 spiro atoms. The first-order chi connectivity index (χ1) is 9.04. The molecule has 0 aromatic carbocycles. The van der Waals surface area contributed by atoms with Gasteiger partial charge in [-0.25, -0.2) is 9.97 Å². The fourth-order valence-corrected chi connectivity index (χ4v) is 1.46. The van der Waals surface area contributed by atoms with Crippen molar-refractivity contribution in [2.24, 2.45) is 0 Å². The highest BCUT2D eigenvalue weighted by molar-refractivity contribution is 5.63. The fourth-order valence-electron chi connectivity index (χ4n) is 1.46. The summed E-state index contributed by atoms with van der Waals surface area (Å²) in [5.74, 6) is 1.82. The largest absolute Gasteiger partial charge is 0.490 e. The van der Waals surface area contributed by atoms with Crippen LogP contribution in [0.25, 0.3) is 0 Å². The Bertz CT molecular complexity index is 396. The van der Waals surface area contributed by atoms with Crippen LogP contribution in [0.2, 0.25) is 0 Å². The molecule has 0 aliphatic rings. The van der Waals surface area contributed by atoms with Gasteiger partial charge in [-0.3, -0.25) is 0 Å². The van der Waals surface area contributed by atoms with E-state index in [9.17, 15) is 5.11 Å². The molecule has 108 valence electrons. The third kappa shape index (κ3) is 4.55. The molecule has 1 heterocycles. The van der Waals surface area contributed by atoms with Crippen molar-refractivity contribution < 1.29 is 9.84 Å². The summed E-state index contributed by atoms with van der Waals surface area (Å²) in [4.78, 5) is 8.32. The van der Waals surface area contributed by atoms with Gasteiger partial charge in [-0.05, 0) is 19.8 Å². The summed E-state index contributed by atoms with van der Waals surface area (Å²) in [7, 11) is 1.58. The molecule has 1 unspecified atom stereocenters. The van der Waals surface area contributed by atoms with Crippen LogP contribution in [0.1, 0.15) is 33.6 Å². The van der Waals surface area contributed by atoms with Gasteiger partial charge in [-0.1, -0.05) is 13.8 Å². The number of aliphatic hydroxyl groups is 1. The molecule has 6 nitrogen and oxygen atoms in total. The zero-order valence-corrected chi connectivity index (χ0v) is 12.2. The van der Waals surface area contributed by atoms with Gasteiger partial charge < -0.3 is 20.5 Å². The minimum Gasteiger partial charge on any atom is -0.490 e. The number of rotatable bonds is 8. The summed E-state index contributed by atoms with van der Waals surface area (Å²) in [6, 6.07) is 0. The summed E-state index contributed by atoms with van der Waals surface area (Å²) in [5, 5.41) is 16.3. The first kappa shape index (κ1) is 15.5. The Morgan fingerprint density at radius 1 is 1.26 bits per heavy atom. The van der Waals surface area contributed by atoms with Crippen LogP contribution in [0.15, 0.2) is 6.33 Å². The van der Waals surface area contributed by atoms with Crippen LogP contribution < -0.4 is 15.4 Å². The van der Waals surface area contributed by atoms with E-state index in [-0.39, 0.29) is 0 Å². The average molecular weight is 268 g/mol. The number of methoxy groups -OCH3 is 1. The lowest BCUT2D eigenvalue weighted by molar-refractivity contribution is 0.0696. The summed E-state index contributed by atoms with van der Waals surface area (Å²) in [6.07, 6.45) is 3.14. The Morgan fingerprint density at radius 3 is 2.42 bits per heavy atom. The lowest BCUT2D eigenvalue weighted by Crippen LogP contribution is -2.32. The van der Waals surface area contributed by atoms with Crippen molar-refractivity contribution in [3.63, 3.8) is 0 Å². The molecule has 19 heavy (non-hydrogen) atoms. The van der Waals surface area contributed by atoms with Gasteiger partial charge in [0, 0.05) is 13.1 Å². The van der Waals surface area contributed by atoms with Crippen molar-refractivity contribution >= 4 is 11.6 Å². The molecule has 1 aromatic rings.